The summed E-state index contributed by atoms with van der Waals surface area (Å²) in [6.45, 7) is 6.83. The van der Waals surface area contributed by atoms with Gasteiger partial charge < -0.3 is 15.0 Å². The Morgan fingerprint density at radius 3 is 2.85 bits per heavy atom. The maximum Gasteiger partial charge on any atom is 0.193 e. The smallest absolute Gasteiger partial charge is 0.193 e. The maximum atomic E-state index is 5.43. The Morgan fingerprint density at radius 2 is 2.25 bits per heavy atom. The van der Waals surface area contributed by atoms with Crippen LogP contribution in [0, 0.1) is 5.92 Å². The molecule has 0 bridgehead atoms. The van der Waals surface area contributed by atoms with Crippen molar-refractivity contribution in [3.63, 3.8) is 0 Å². The molecule has 1 unspecified atom stereocenters. The van der Waals surface area contributed by atoms with E-state index in [4.69, 9.17) is 9.73 Å². The molecule has 1 rings (SSSR count). The Hall–Kier alpha value is 0.310. The highest BCUT2D eigenvalue weighted by molar-refractivity contribution is 14.0. The van der Waals surface area contributed by atoms with Crippen LogP contribution in [0.15, 0.2) is 4.99 Å². The summed E-state index contributed by atoms with van der Waals surface area (Å²) in [5, 5.41) is 3.38. The molecule has 1 atom stereocenters. The Bertz CT molecular complexity index is 261. The van der Waals surface area contributed by atoms with E-state index in [-0.39, 0.29) is 24.0 Å². The molecule has 0 aromatic rings. The molecular formula is C14H30IN3OS. The third-order valence-electron chi connectivity index (χ3n) is 3.27. The van der Waals surface area contributed by atoms with Crippen molar-refractivity contribution in [1.29, 1.82) is 0 Å². The molecule has 1 saturated heterocycles. The van der Waals surface area contributed by atoms with Crippen molar-refractivity contribution in [2.45, 2.75) is 26.2 Å². The lowest BCUT2D eigenvalue weighted by Gasteiger charge is -2.24. The van der Waals surface area contributed by atoms with Crippen molar-refractivity contribution in [2.75, 3.05) is 51.9 Å². The van der Waals surface area contributed by atoms with Crippen LogP contribution in [0.3, 0.4) is 0 Å². The van der Waals surface area contributed by atoms with Gasteiger partial charge in [0.25, 0.3) is 0 Å². The van der Waals surface area contributed by atoms with E-state index in [1.54, 1.807) is 0 Å². The highest BCUT2D eigenvalue weighted by atomic mass is 127. The van der Waals surface area contributed by atoms with E-state index in [1.807, 2.05) is 11.8 Å². The van der Waals surface area contributed by atoms with E-state index in [2.05, 4.69) is 30.4 Å². The van der Waals surface area contributed by atoms with Crippen LogP contribution in [-0.2, 0) is 4.74 Å². The summed E-state index contributed by atoms with van der Waals surface area (Å²) >= 11 is 1.91. The number of hydrogen-bond donors (Lipinski definition) is 1. The number of halogens is 1. The van der Waals surface area contributed by atoms with E-state index >= 15 is 0 Å². The molecule has 20 heavy (non-hydrogen) atoms. The SMILES string of the molecule is CCNC(=NCCCCSC)N(C)CC1CCOC1.I. The number of rotatable bonds is 8. The van der Waals surface area contributed by atoms with E-state index in [0.29, 0.717) is 5.92 Å². The first-order valence-corrected chi connectivity index (χ1v) is 8.73. The van der Waals surface area contributed by atoms with Crippen molar-refractivity contribution in [3.05, 3.63) is 0 Å². The van der Waals surface area contributed by atoms with Crippen LogP contribution in [-0.4, -0.2) is 62.8 Å². The van der Waals surface area contributed by atoms with Gasteiger partial charge >= 0.3 is 0 Å². The molecule has 120 valence electrons. The third kappa shape index (κ3) is 8.56. The fourth-order valence-electron chi connectivity index (χ4n) is 2.21. The lowest BCUT2D eigenvalue weighted by atomic mass is 10.1. The first-order chi connectivity index (χ1) is 9.27. The van der Waals surface area contributed by atoms with Crippen molar-refractivity contribution in [2.24, 2.45) is 10.9 Å². The molecule has 1 aliphatic heterocycles. The minimum atomic E-state index is 0. The van der Waals surface area contributed by atoms with Gasteiger partial charge in [0.1, 0.15) is 0 Å². The highest BCUT2D eigenvalue weighted by Crippen LogP contribution is 2.13. The van der Waals surface area contributed by atoms with Gasteiger partial charge in [-0.2, -0.15) is 11.8 Å². The molecule has 1 aliphatic rings. The molecular weight excluding hydrogens is 385 g/mol. The Labute approximate surface area is 145 Å². The van der Waals surface area contributed by atoms with Crippen LogP contribution in [0.5, 0.6) is 0 Å². The van der Waals surface area contributed by atoms with E-state index in [9.17, 15) is 0 Å². The fraction of sp³-hybridized carbons (Fsp3) is 0.929. The zero-order chi connectivity index (χ0) is 13.9. The first-order valence-electron chi connectivity index (χ1n) is 7.34. The molecule has 4 nitrogen and oxygen atoms in total. The standard InChI is InChI=1S/C14H29N3OS.HI/c1-4-15-14(16-8-5-6-10-19-3)17(2)11-13-7-9-18-12-13;/h13H,4-12H2,1-3H3,(H,15,16);1H. The quantitative estimate of drug-likeness (QED) is 0.286. The predicted octanol–water partition coefficient (Wildman–Crippen LogP) is 2.68. The Morgan fingerprint density at radius 1 is 1.45 bits per heavy atom. The second-order valence-corrected chi connectivity index (χ2v) is 6.03. The molecule has 6 heteroatoms. The van der Waals surface area contributed by atoms with Crippen LogP contribution in [0.2, 0.25) is 0 Å². The lowest BCUT2D eigenvalue weighted by Crippen LogP contribution is -2.41. The monoisotopic (exact) mass is 415 g/mol. The number of unbranched alkanes of at least 4 members (excludes halogenated alkanes) is 1. The van der Waals surface area contributed by atoms with E-state index < -0.39 is 0 Å². The summed E-state index contributed by atoms with van der Waals surface area (Å²) in [5.41, 5.74) is 0. The molecule has 0 aliphatic carbocycles. The van der Waals surface area contributed by atoms with E-state index in [1.165, 1.54) is 25.0 Å². The van der Waals surface area contributed by atoms with Crippen LogP contribution in [0.4, 0.5) is 0 Å². The minimum Gasteiger partial charge on any atom is -0.381 e. The second-order valence-electron chi connectivity index (χ2n) is 5.05. The lowest BCUT2D eigenvalue weighted by molar-refractivity contribution is 0.181. The van der Waals surface area contributed by atoms with Gasteiger partial charge in [-0.15, -0.1) is 24.0 Å². The summed E-state index contributed by atoms with van der Waals surface area (Å²) < 4.78 is 5.43. The maximum absolute atomic E-state index is 5.43. The number of nitrogens with one attached hydrogen (secondary N) is 1. The van der Waals surface area contributed by atoms with Gasteiger partial charge in [-0.1, -0.05) is 0 Å². The van der Waals surface area contributed by atoms with Gasteiger partial charge in [-0.25, -0.2) is 0 Å². The first kappa shape index (κ1) is 20.3. The highest BCUT2D eigenvalue weighted by Gasteiger charge is 2.18. The molecule has 1 heterocycles. The van der Waals surface area contributed by atoms with Crippen molar-refractivity contribution in [3.8, 4) is 0 Å². The molecule has 0 saturated carbocycles. The molecule has 0 spiro atoms. The summed E-state index contributed by atoms with van der Waals surface area (Å²) in [6, 6.07) is 0. The largest absolute Gasteiger partial charge is 0.381 e. The number of hydrogen-bond acceptors (Lipinski definition) is 3. The van der Waals surface area contributed by atoms with Crippen molar-refractivity contribution >= 4 is 41.7 Å². The summed E-state index contributed by atoms with van der Waals surface area (Å²) in [4.78, 5) is 6.96. The van der Waals surface area contributed by atoms with Crippen LogP contribution >= 0.6 is 35.7 Å². The van der Waals surface area contributed by atoms with Gasteiger partial charge in [-0.05, 0) is 38.2 Å². The average molecular weight is 415 g/mol. The van der Waals surface area contributed by atoms with Crippen LogP contribution < -0.4 is 5.32 Å². The van der Waals surface area contributed by atoms with Gasteiger partial charge in [0, 0.05) is 39.2 Å². The van der Waals surface area contributed by atoms with Gasteiger partial charge in [0.05, 0.1) is 6.61 Å². The number of ether oxygens (including phenoxy) is 1. The zero-order valence-corrected chi connectivity index (χ0v) is 16.2. The fourth-order valence-corrected chi connectivity index (χ4v) is 2.71. The Kier molecular flexibility index (Phi) is 13.2. The Balaban J connectivity index is 0.00000361. The topological polar surface area (TPSA) is 36.9 Å². The van der Waals surface area contributed by atoms with E-state index in [0.717, 1.165) is 38.8 Å². The van der Waals surface area contributed by atoms with Crippen molar-refractivity contribution in [1.82, 2.24) is 10.2 Å². The van der Waals surface area contributed by atoms with Gasteiger partial charge in [0.15, 0.2) is 5.96 Å². The normalized spacial score (nSPS) is 18.8. The molecule has 0 aromatic heterocycles. The zero-order valence-electron chi connectivity index (χ0n) is 13.1. The average Bonchev–Trinajstić information content (AvgIpc) is 2.90. The third-order valence-corrected chi connectivity index (χ3v) is 3.97. The van der Waals surface area contributed by atoms with Crippen LogP contribution in [0.1, 0.15) is 26.2 Å². The summed E-state index contributed by atoms with van der Waals surface area (Å²) in [6.07, 6.45) is 5.77. The minimum absolute atomic E-state index is 0. The number of aliphatic imine (C=N–C) groups is 1. The van der Waals surface area contributed by atoms with Crippen LogP contribution in [0.25, 0.3) is 0 Å². The number of guanidine groups is 1. The molecule has 0 amide bonds. The number of nitrogens with zero attached hydrogens (tertiary/aromatic N) is 2. The molecule has 0 radical (unpaired) electrons. The molecule has 1 fully saturated rings. The molecule has 1 N–H and O–H groups in total. The van der Waals surface area contributed by atoms with Gasteiger partial charge in [0.2, 0.25) is 0 Å². The van der Waals surface area contributed by atoms with Crippen molar-refractivity contribution < 1.29 is 4.74 Å². The predicted molar refractivity (Wildman–Crippen MR) is 101 cm³/mol. The molecule has 0 aromatic carbocycles. The second kappa shape index (κ2) is 13.0. The summed E-state index contributed by atoms with van der Waals surface area (Å²) in [7, 11) is 2.13. The summed E-state index contributed by atoms with van der Waals surface area (Å²) in [5.74, 6) is 2.94. The van der Waals surface area contributed by atoms with Gasteiger partial charge in [-0.3, -0.25) is 4.99 Å². The number of thioether (sulfide) groups is 1.